The fourth-order valence-corrected chi connectivity index (χ4v) is 3.28. The standard InChI is InChI=1S/C14H32B2OS/c1-5-15(6-2)17-13-11-9-10-12-14-18-16(7-3)8-4/h5-14H2,1-4H3. The van der Waals surface area contributed by atoms with Crippen LogP contribution in [-0.4, -0.2) is 25.3 Å². The Hall–Kier alpha value is 0.440. The Labute approximate surface area is 120 Å². The van der Waals surface area contributed by atoms with Crippen LogP contribution in [0.15, 0.2) is 0 Å². The molecule has 0 aliphatic heterocycles. The van der Waals surface area contributed by atoms with Crippen LogP contribution < -0.4 is 0 Å². The second-order valence-corrected chi connectivity index (χ2v) is 6.44. The Balaban J connectivity index is 3.21. The molecule has 0 unspecified atom stereocenters. The van der Waals surface area contributed by atoms with Gasteiger partial charge in [-0.2, -0.15) is 0 Å². The van der Waals surface area contributed by atoms with E-state index in [0.29, 0.717) is 6.92 Å². The monoisotopic (exact) mass is 270 g/mol. The number of unbranched alkanes of at least 4 members (excludes halogenated alkanes) is 3. The van der Waals surface area contributed by atoms with Crippen LogP contribution in [0.25, 0.3) is 0 Å². The highest BCUT2D eigenvalue weighted by atomic mass is 32.2. The van der Waals surface area contributed by atoms with Gasteiger partial charge in [0.05, 0.1) is 0 Å². The molecule has 0 aromatic heterocycles. The lowest BCUT2D eigenvalue weighted by atomic mass is 9.62. The first-order valence-corrected chi connectivity index (χ1v) is 9.06. The second kappa shape index (κ2) is 13.9. The molecule has 106 valence electrons. The molecule has 0 saturated carbocycles. The lowest BCUT2D eigenvalue weighted by Gasteiger charge is -2.10. The van der Waals surface area contributed by atoms with Crippen molar-refractivity contribution in [2.75, 3.05) is 12.4 Å². The second-order valence-electron chi connectivity index (χ2n) is 5.03. The quantitative estimate of drug-likeness (QED) is 0.329. The minimum atomic E-state index is 0.496. The average Bonchev–Trinajstić information content (AvgIpc) is 2.41. The average molecular weight is 270 g/mol. The third-order valence-corrected chi connectivity index (χ3v) is 5.23. The van der Waals surface area contributed by atoms with Crippen molar-refractivity contribution >= 4 is 24.5 Å². The van der Waals surface area contributed by atoms with Gasteiger partial charge in [-0.25, -0.2) is 11.6 Å². The molecule has 0 spiro atoms. The summed E-state index contributed by atoms with van der Waals surface area (Å²) in [6.45, 7) is 10.5. The minimum Gasteiger partial charge on any atom is -0.436 e. The Kier molecular flexibility index (Phi) is 14.2. The predicted molar refractivity (Wildman–Crippen MR) is 90.3 cm³/mol. The zero-order valence-electron chi connectivity index (χ0n) is 13.0. The molecule has 4 heteroatoms. The molecule has 0 aliphatic rings. The molecular weight excluding hydrogens is 238 g/mol. The van der Waals surface area contributed by atoms with Crippen molar-refractivity contribution in [1.29, 1.82) is 0 Å². The molecule has 0 radical (unpaired) electrons. The van der Waals surface area contributed by atoms with Gasteiger partial charge in [0.2, 0.25) is 5.99 Å². The lowest BCUT2D eigenvalue weighted by Crippen LogP contribution is -2.15. The molecule has 0 aromatic rings. The highest BCUT2D eigenvalue weighted by molar-refractivity contribution is 8.25. The van der Waals surface area contributed by atoms with Crippen molar-refractivity contribution < 1.29 is 4.65 Å². The molecule has 0 rings (SSSR count). The molecule has 0 amide bonds. The summed E-state index contributed by atoms with van der Waals surface area (Å²) in [5.74, 6) is 2.24. The first-order chi connectivity index (χ1) is 8.78. The maximum absolute atomic E-state index is 5.81. The number of rotatable bonds is 13. The van der Waals surface area contributed by atoms with Gasteiger partial charge in [0.15, 0.2) is 0 Å². The molecular formula is C14H32B2OS. The van der Waals surface area contributed by atoms with Gasteiger partial charge in [0.25, 0.3) is 6.92 Å². The normalized spacial score (nSPS) is 10.7. The predicted octanol–water partition coefficient (Wildman–Crippen LogP) is 5.36. The van der Waals surface area contributed by atoms with Crippen molar-refractivity contribution in [1.82, 2.24) is 0 Å². The van der Waals surface area contributed by atoms with E-state index in [0.717, 1.165) is 25.2 Å². The van der Waals surface area contributed by atoms with Crippen molar-refractivity contribution in [3.63, 3.8) is 0 Å². The van der Waals surface area contributed by atoms with E-state index in [-0.39, 0.29) is 0 Å². The van der Waals surface area contributed by atoms with E-state index < -0.39 is 0 Å². The molecule has 0 heterocycles. The van der Waals surface area contributed by atoms with Gasteiger partial charge >= 0.3 is 0 Å². The third-order valence-electron chi connectivity index (χ3n) is 3.57. The number of hydrogen-bond donors (Lipinski definition) is 0. The first kappa shape index (κ1) is 18.4. The summed E-state index contributed by atoms with van der Waals surface area (Å²) in [7, 11) is 0. The van der Waals surface area contributed by atoms with E-state index in [4.69, 9.17) is 4.65 Å². The largest absolute Gasteiger partial charge is 0.436 e. The summed E-state index contributed by atoms with van der Waals surface area (Å²) in [6, 6.07) is 0. The van der Waals surface area contributed by atoms with Crippen LogP contribution in [0.5, 0.6) is 0 Å². The maximum Gasteiger partial charge on any atom is 0.292 e. The summed E-state index contributed by atoms with van der Waals surface area (Å²) in [5.41, 5.74) is 0. The van der Waals surface area contributed by atoms with E-state index in [9.17, 15) is 0 Å². The van der Waals surface area contributed by atoms with Crippen LogP contribution in [0.4, 0.5) is 0 Å². The molecule has 1 nitrogen and oxygen atoms in total. The Morgan fingerprint density at radius 2 is 1.39 bits per heavy atom. The fourth-order valence-electron chi connectivity index (χ4n) is 2.11. The van der Waals surface area contributed by atoms with Gasteiger partial charge in [0, 0.05) is 6.61 Å². The Bertz CT molecular complexity index is 144. The van der Waals surface area contributed by atoms with Crippen LogP contribution in [0.1, 0.15) is 53.4 Å². The van der Waals surface area contributed by atoms with E-state index >= 15 is 0 Å². The van der Waals surface area contributed by atoms with Gasteiger partial charge in [0.1, 0.15) is 0 Å². The minimum absolute atomic E-state index is 0.496. The van der Waals surface area contributed by atoms with Crippen LogP contribution in [0, 0.1) is 0 Å². The summed E-state index contributed by atoms with van der Waals surface area (Å²) in [6.07, 6.45) is 10.3. The third kappa shape index (κ3) is 10.4. The topological polar surface area (TPSA) is 9.23 Å². The SMILES string of the molecule is CCB(CC)OCCCCCCSB(CC)CC. The summed E-state index contributed by atoms with van der Waals surface area (Å²) in [5, 5.41) is 0. The van der Waals surface area contributed by atoms with Crippen molar-refractivity contribution in [3.8, 4) is 0 Å². The van der Waals surface area contributed by atoms with Gasteiger partial charge in [-0.3, -0.25) is 0 Å². The van der Waals surface area contributed by atoms with Crippen molar-refractivity contribution in [3.05, 3.63) is 0 Å². The molecule has 0 saturated heterocycles. The van der Waals surface area contributed by atoms with E-state index in [2.05, 4.69) is 39.3 Å². The molecule has 0 bridgehead atoms. The van der Waals surface area contributed by atoms with E-state index in [1.807, 2.05) is 0 Å². The molecule has 0 aromatic carbocycles. The lowest BCUT2D eigenvalue weighted by molar-refractivity contribution is 0.306. The highest BCUT2D eigenvalue weighted by Crippen LogP contribution is 2.17. The summed E-state index contributed by atoms with van der Waals surface area (Å²) >= 11 is 2.17. The van der Waals surface area contributed by atoms with E-state index in [1.165, 1.54) is 44.1 Å². The van der Waals surface area contributed by atoms with Gasteiger partial charge in [-0.15, -0.1) is 0 Å². The van der Waals surface area contributed by atoms with Crippen molar-refractivity contribution in [2.24, 2.45) is 0 Å². The molecule has 0 aliphatic carbocycles. The first-order valence-electron chi connectivity index (χ1n) is 8.01. The van der Waals surface area contributed by atoms with Gasteiger partial charge in [-0.05, 0) is 18.6 Å². The van der Waals surface area contributed by atoms with Crippen LogP contribution in [-0.2, 0) is 4.65 Å². The molecule has 18 heavy (non-hydrogen) atoms. The zero-order chi connectivity index (χ0) is 13.6. The Morgan fingerprint density at radius 1 is 0.778 bits per heavy atom. The van der Waals surface area contributed by atoms with Crippen LogP contribution >= 0.6 is 11.6 Å². The smallest absolute Gasteiger partial charge is 0.292 e. The fraction of sp³-hybridized carbons (Fsp3) is 1.00. The van der Waals surface area contributed by atoms with Crippen LogP contribution in [0.3, 0.4) is 0 Å². The molecule has 0 fully saturated rings. The molecule has 0 N–H and O–H groups in total. The van der Waals surface area contributed by atoms with Crippen LogP contribution in [0.2, 0.25) is 25.3 Å². The van der Waals surface area contributed by atoms with Crippen molar-refractivity contribution in [2.45, 2.75) is 78.7 Å². The Morgan fingerprint density at radius 3 is 1.94 bits per heavy atom. The number of hydrogen-bond acceptors (Lipinski definition) is 2. The van der Waals surface area contributed by atoms with Gasteiger partial charge < -0.3 is 4.65 Å². The summed E-state index contributed by atoms with van der Waals surface area (Å²) < 4.78 is 5.81. The molecule has 0 atom stereocenters. The zero-order valence-corrected chi connectivity index (χ0v) is 13.9. The van der Waals surface area contributed by atoms with Gasteiger partial charge in [-0.1, -0.05) is 65.8 Å². The maximum atomic E-state index is 5.81. The summed E-state index contributed by atoms with van der Waals surface area (Å²) in [4.78, 5) is 0. The van der Waals surface area contributed by atoms with E-state index in [1.54, 1.807) is 0 Å². The highest BCUT2D eigenvalue weighted by Gasteiger charge is 2.09.